The molecule has 0 aromatic heterocycles. The van der Waals surface area contributed by atoms with E-state index in [2.05, 4.69) is 25.7 Å². The molecule has 1 unspecified atom stereocenters. The lowest BCUT2D eigenvalue weighted by Crippen LogP contribution is -2.45. The normalized spacial score (nSPS) is 21.6. The van der Waals surface area contributed by atoms with Crippen molar-refractivity contribution in [2.24, 2.45) is 4.99 Å². The lowest BCUT2D eigenvalue weighted by Gasteiger charge is -2.45. The lowest BCUT2D eigenvalue weighted by molar-refractivity contribution is -0.113. The third kappa shape index (κ3) is 4.39. The van der Waals surface area contributed by atoms with Gasteiger partial charge in [0.2, 0.25) is 0 Å². The first-order valence-electron chi connectivity index (χ1n) is 11.7. The van der Waals surface area contributed by atoms with Crippen LogP contribution in [0.2, 0.25) is 0 Å². The Balaban J connectivity index is 1.57. The highest BCUT2D eigenvalue weighted by Gasteiger charge is 2.37. The molecule has 35 heavy (non-hydrogen) atoms. The van der Waals surface area contributed by atoms with E-state index in [1.165, 1.54) is 11.8 Å². The smallest absolute Gasteiger partial charge is 0.271 e. The molecule has 0 saturated carbocycles. The fraction of sp³-hybridized carbons (Fsp3) is 0.241. The number of hydrogen-bond donors (Lipinski definition) is 0. The fourth-order valence-corrected chi connectivity index (χ4v) is 5.81. The molecule has 2 heterocycles. The molecule has 0 N–H and O–H groups in total. The second-order valence-corrected chi connectivity index (χ2v) is 10.7. The van der Waals surface area contributed by atoms with Crippen LogP contribution in [0.1, 0.15) is 44.2 Å². The van der Waals surface area contributed by atoms with Gasteiger partial charge in [-0.05, 0) is 86.0 Å². The van der Waals surface area contributed by atoms with Crippen molar-refractivity contribution in [3.05, 3.63) is 94.6 Å². The fourth-order valence-electron chi connectivity index (χ4n) is 4.82. The summed E-state index contributed by atoms with van der Waals surface area (Å²) in [4.78, 5) is 22.5. The van der Waals surface area contributed by atoms with E-state index < -0.39 is 0 Å². The van der Waals surface area contributed by atoms with Crippen LogP contribution in [0.15, 0.2) is 82.7 Å². The number of rotatable bonds is 3. The minimum Gasteiger partial charge on any atom is -0.369 e. The van der Waals surface area contributed by atoms with Crippen LogP contribution in [0.3, 0.4) is 0 Å². The third-order valence-electron chi connectivity index (χ3n) is 6.84. The average Bonchev–Trinajstić information content (AvgIpc) is 3.14. The van der Waals surface area contributed by atoms with Crippen molar-refractivity contribution in [2.75, 3.05) is 16.8 Å². The van der Waals surface area contributed by atoms with Crippen molar-refractivity contribution in [1.82, 2.24) is 0 Å². The monoisotopic (exact) mass is 485 g/mol. The van der Waals surface area contributed by atoms with Gasteiger partial charge in [0.1, 0.15) is 5.82 Å². The zero-order valence-electron chi connectivity index (χ0n) is 20.3. The quantitative estimate of drug-likeness (QED) is 0.364. The van der Waals surface area contributed by atoms with Crippen LogP contribution in [0.25, 0.3) is 6.08 Å². The first-order valence-corrected chi connectivity index (χ1v) is 12.6. The number of amidine groups is 1. The van der Waals surface area contributed by atoms with E-state index in [4.69, 9.17) is 4.99 Å². The van der Waals surface area contributed by atoms with Gasteiger partial charge in [0, 0.05) is 23.8 Å². The number of hydrogen-bond acceptors (Lipinski definition) is 4. The van der Waals surface area contributed by atoms with Crippen LogP contribution >= 0.6 is 11.8 Å². The van der Waals surface area contributed by atoms with Crippen LogP contribution in [-0.4, -0.2) is 23.7 Å². The number of carbonyl (C=O) groups is 1. The highest BCUT2D eigenvalue weighted by Crippen LogP contribution is 2.44. The summed E-state index contributed by atoms with van der Waals surface area (Å²) in [5, 5.41) is 0.548. The first kappa shape index (κ1) is 23.4. The average molecular weight is 486 g/mol. The molecule has 0 spiro atoms. The van der Waals surface area contributed by atoms with Crippen molar-refractivity contribution in [1.29, 1.82) is 0 Å². The van der Waals surface area contributed by atoms with Gasteiger partial charge in [-0.1, -0.05) is 43.3 Å². The second-order valence-electron chi connectivity index (χ2n) is 9.73. The Kier molecular flexibility index (Phi) is 6.01. The molecule has 178 valence electrons. The van der Waals surface area contributed by atoms with Crippen LogP contribution in [0, 0.1) is 5.82 Å². The zero-order valence-corrected chi connectivity index (χ0v) is 21.1. The Morgan fingerprint density at radius 3 is 2.40 bits per heavy atom. The number of anilines is 2. The topological polar surface area (TPSA) is 35.9 Å². The molecule has 0 aliphatic carbocycles. The van der Waals surface area contributed by atoms with Crippen molar-refractivity contribution in [3.8, 4) is 0 Å². The first-order chi connectivity index (χ1) is 16.7. The number of amides is 1. The molecule has 0 bridgehead atoms. The van der Waals surface area contributed by atoms with Crippen molar-refractivity contribution < 1.29 is 9.18 Å². The Morgan fingerprint density at radius 2 is 1.71 bits per heavy atom. The molecule has 4 nitrogen and oxygen atoms in total. The molecule has 1 amide bonds. The van der Waals surface area contributed by atoms with Gasteiger partial charge in [-0.25, -0.2) is 9.38 Å². The van der Waals surface area contributed by atoms with Gasteiger partial charge in [0.15, 0.2) is 5.17 Å². The number of halogens is 1. The van der Waals surface area contributed by atoms with Gasteiger partial charge < -0.3 is 4.90 Å². The molecule has 3 aromatic carbocycles. The number of nitrogens with zero attached hydrogens (tertiary/aromatic N) is 3. The number of para-hydroxylation sites is 2. The molecule has 5 rings (SSSR count). The minimum absolute atomic E-state index is 0.0465. The van der Waals surface area contributed by atoms with E-state index in [1.807, 2.05) is 73.8 Å². The van der Waals surface area contributed by atoms with Crippen molar-refractivity contribution >= 4 is 46.0 Å². The van der Waals surface area contributed by atoms with Gasteiger partial charge in [-0.2, -0.15) is 0 Å². The maximum Gasteiger partial charge on any atom is 0.271 e. The summed E-state index contributed by atoms with van der Waals surface area (Å²) in [6.45, 7) is 6.54. The van der Waals surface area contributed by atoms with Crippen LogP contribution in [0.5, 0.6) is 0 Å². The Morgan fingerprint density at radius 1 is 1.06 bits per heavy atom. The largest absolute Gasteiger partial charge is 0.369 e. The predicted molar refractivity (Wildman–Crippen MR) is 145 cm³/mol. The maximum absolute atomic E-state index is 15.3. The minimum atomic E-state index is -0.332. The van der Waals surface area contributed by atoms with Crippen molar-refractivity contribution in [3.63, 3.8) is 0 Å². The molecule has 2 aliphatic heterocycles. The van der Waals surface area contributed by atoms with E-state index in [-0.39, 0.29) is 23.2 Å². The zero-order chi connectivity index (χ0) is 24.7. The summed E-state index contributed by atoms with van der Waals surface area (Å²) in [7, 11) is 2.02. The van der Waals surface area contributed by atoms with E-state index in [9.17, 15) is 4.79 Å². The molecule has 1 saturated heterocycles. The van der Waals surface area contributed by atoms with Gasteiger partial charge in [0.05, 0.1) is 16.3 Å². The highest BCUT2D eigenvalue weighted by molar-refractivity contribution is 8.19. The van der Waals surface area contributed by atoms with Crippen LogP contribution in [-0.2, 0) is 4.79 Å². The maximum atomic E-state index is 15.3. The number of fused-ring (bicyclic) bond motifs is 1. The lowest BCUT2D eigenvalue weighted by atomic mass is 9.80. The second kappa shape index (κ2) is 9.00. The Bertz CT molecular complexity index is 1330. The molecule has 2 aliphatic rings. The summed E-state index contributed by atoms with van der Waals surface area (Å²) in [6, 6.07) is 22.5. The van der Waals surface area contributed by atoms with E-state index >= 15 is 4.39 Å². The number of aliphatic imine (C=N–C) groups is 1. The summed E-state index contributed by atoms with van der Waals surface area (Å²) in [5.41, 5.74) is 3.88. The van der Waals surface area contributed by atoms with Crippen LogP contribution in [0.4, 0.5) is 21.5 Å². The highest BCUT2D eigenvalue weighted by atomic mass is 32.2. The summed E-state index contributed by atoms with van der Waals surface area (Å²) in [5.74, 6) is -0.252. The molecule has 3 aromatic rings. The molecular formula is C29H28FN3OS. The van der Waals surface area contributed by atoms with E-state index in [0.717, 1.165) is 29.0 Å². The molecule has 1 atom stereocenters. The van der Waals surface area contributed by atoms with Gasteiger partial charge in [0.25, 0.3) is 5.91 Å². The molecule has 1 fully saturated rings. The van der Waals surface area contributed by atoms with Gasteiger partial charge >= 0.3 is 0 Å². The van der Waals surface area contributed by atoms with E-state index in [0.29, 0.717) is 15.6 Å². The standard InChI is InChI=1S/C29H28FN3OS/c1-19-18-29(2,3)32(4)25-17-24(30)20(15-23(19)25)16-26-27(34)33(22-13-9-6-10-14-22)28(35-26)31-21-11-7-5-8-12-21/h5-17,19H,18H2,1-4H3/b26-16+,31-28?. The molecular weight excluding hydrogens is 457 g/mol. The molecule has 6 heteroatoms. The number of thioether (sulfide) groups is 1. The number of carbonyl (C=O) groups excluding carboxylic acids is 1. The summed E-state index contributed by atoms with van der Waals surface area (Å²) >= 11 is 1.27. The number of benzene rings is 3. The Labute approximate surface area is 210 Å². The predicted octanol–water partition coefficient (Wildman–Crippen LogP) is 7.36. The van der Waals surface area contributed by atoms with Gasteiger partial charge in [-0.3, -0.25) is 9.69 Å². The summed E-state index contributed by atoms with van der Waals surface area (Å²) in [6.07, 6.45) is 2.64. The van der Waals surface area contributed by atoms with Crippen molar-refractivity contribution in [2.45, 2.75) is 38.6 Å². The third-order valence-corrected chi connectivity index (χ3v) is 7.81. The Hall–Kier alpha value is -3.38. The summed E-state index contributed by atoms with van der Waals surface area (Å²) < 4.78 is 15.3. The van der Waals surface area contributed by atoms with E-state index in [1.54, 1.807) is 17.0 Å². The molecule has 0 radical (unpaired) electrons. The van der Waals surface area contributed by atoms with Crippen LogP contribution < -0.4 is 9.80 Å². The van der Waals surface area contributed by atoms with Gasteiger partial charge in [-0.15, -0.1) is 0 Å². The SMILES string of the molecule is CC1CC(C)(C)N(C)c2cc(F)c(/C=C3/SC(=Nc4ccccc4)N(c4ccccc4)C3=O)cc21.